The molecule has 2 aromatic carbocycles. The molecule has 2 aliphatic rings. The van der Waals surface area contributed by atoms with E-state index in [1.807, 2.05) is 6.07 Å². The fourth-order valence-corrected chi connectivity index (χ4v) is 4.57. The number of anilines is 1. The van der Waals surface area contributed by atoms with Crippen molar-refractivity contribution < 1.29 is 9.53 Å². The summed E-state index contributed by atoms with van der Waals surface area (Å²) in [6.45, 7) is 4.21. The highest BCUT2D eigenvalue weighted by molar-refractivity contribution is 5.74. The molecule has 1 fully saturated rings. The van der Waals surface area contributed by atoms with E-state index in [1.54, 1.807) is 12.4 Å². The van der Waals surface area contributed by atoms with Crippen LogP contribution in [0.15, 0.2) is 60.9 Å². The zero-order chi connectivity index (χ0) is 22.6. The standard InChI is InChI=1S/C26H29N5O2/c1-18-14-22-15-21(9-10-24(22)33-18)20-7-5-19(6-8-20)16-29-26(32)30-23-4-2-13-31(17-23)25-27-11-3-12-28-25/h3,5-12,15,18,23H,2,4,13-14,16-17H2,1H3,(H2,29,30,32). The maximum atomic E-state index is 12.5. The first-order valence-electron chi connectivity index (χ1n) is 11.6. The summed E-state index contributed by atoms with van der Waals surface area (Å²) in [4.78, 5) is 23.2. The lowest BCUT2D eigenvalue weighted by Gasteiger charge is -2.33. The molecule has 170 valence electrons. The van der Waals surface area contributed by atoms with Crippen LogP contribution in [0.2, 0.25) is 0 Å². The monoisotopic (exact) mass is 443 g/mol. The summed E-state index contributed by atoms with van der Waals surface area (Å²) in [5, 5.41) is 6.08. The van der Waals surface area contributed by atoms with Gasteiger partial charge in [0.2, 0.25) is 5.95 Å². The molecular weight excluding hydrogens is 414 g/mol. The van der Waals surface area contributed by atoms with Gasteiger partial charge in [0, 0.05) is 44.5 Å². The van der Waals surface area contributed by atoms with E-state index >= 15 is 0 Å². The van der Waals surface area contributed by atoms with Crippen molar-refractivity contribution in [3.05, 3.63) is 72.1 Å². The molecule has 2 atom stereocenters. The number of carbonyl (C=O) groups is 1. The van der Waals surface area contributed by atoms with Crippen molar-refractivity contribution in [3.8, 4) is 16.9 Å². The van der Waals surface area contributed by atoms with Gasteiger partial charge in [-0.25, -0.2) is 14.8 Å². The Hall–Kier alpha value is -3.61. The van der Waals surface area contributed by atoms with E-state index in [2.05, 4.69) is 74.9 Å². The second-order valence-corrected chi connectivity index (χ2v) is 8.81. The Morgan fingerprint density at radius 2 is 1.91 bits per heavy atom. The number of carbonyl (C=O) groups excluding carboxylic acids is 1. The van der Waals surface area contributed by atoms with E-state index in [0.29, 0.717) is 6.54 Å². The van der Waals surface area contributed by atoms with Crippen molar-refractivity contribution in [1.82, 2.24) is 20.6 Å². The quantitative estimate of drug-likeness (QED) is 0.625. The smallest absolute Gasteiger partial charge is 0.315 e. The van der Waals surface area contributed by atoms with Crippen molar-refractivity contribution >= 4 is 12.0 Å². The number of nitrogens with one attached hydrogen (secondary N) is 2. The lowest BCUT2D eigenvalue weighted by molar-refractivity contribution is 0.234. The van der Waals surface area contributed by atoms with Gasteiger partial charge in [-0.1, -0.05) is 30.3 Å². The largest absolute Gasteiger partial charge is 0.490 e. The third-order valence-electron chi connectivity index (χ3n) is 6.23. The third kappa shape index (κ3) is 5.08. The Bertz CT molecular complexity index is 1100. The average molecular weight is 444 g/mol. The highest BCUT2D eigenvalue weighted by Gasteiger charge is 2.23. The molecule has 0 aliphatic carbocycles. The SMILES string of the molecule is CC1Cc2cc(-c3ccc(CNC(=O)NC4CCCN(c5ncccn5)C4)cc3)ccc2O1. The normalized spacial score (nSPS) is 19.5. The summed E-state index contributed by atoms with van der Waals surface area (Å²) < 4.78 is 5.80. The molecule has 7 nitrogen and oxygen atoms in total. The van der Waals surface area contributed by atoms with Gasteiger partial charge < -0.3 is 20.3 Å². The molecule has 2 aliphatic heterocycles. The van der Waals surface area contributed by atoms with E-state index in [1.165, 1.54) is 11.1 Å². The Morgan fingerprint density at radius 1 is 1.12 bits per heavy atom. The summed E-state index contributed by atoms with van der Waals surface area (Å²) in [5.74, 6) is 1.71. The summed E-state index contributed by atoms with van der Waals surface area (Å²) in [6.07, 6.45) is 6.65. The first-order valence-corrected chi connectivity index (χ1v) is 11.6. The van der Waals surface area contributed by atoms with Crippen LogP contribution in [0.1, 0.15) is 30.9 Å². The van der Waals surface area contributed by atoms with E-state index in [0.717, 1.165) is 55.2 Å². The highest BCUT2D eigenvalue weighted by atomic mass is 16.5. The fourth-order valence-electron chi connectivity index (χ4n) is 4.57. The summed E-state index contributed by atoms with van der Waals surface area (Å²) in [6, 6.07) is 16.5. The number of nitrogens with zero attached hydrogens (tertiary/aromatic N) is 3. The van der Waals surface area contributed by atoms with Gasteiger partial charge in [-0.3, -0.25) is 0 Å². The van der Waals surface area contributed by atoms with E-state index in [9.17, 15) is 4.79 Å². The highest BCUT2D eigenvalue weighted by Crippen LogP contribution is 2.32. The number of piperidine rings is 1. The molecule has 3 heterocycles. The van der Waals surface area contributed by atoms with Gasteiger partial charge in [0.1, 0.15) is 11.9 Å². The minimum atomic E-state index is -0.146. The number of fused-ring (bicyclic) bond motifs is 1. The number of benzene rings is 2. The summed E-state index contributed by atoms with van der Waals surface area (Å²) >= 11 is 0. The Kier molecular flexibility index (Phi) is 6.11. The first kappa shape index (κ1) is 21.2. The van der Waals surface area contributed by atoms with E-state index in [4.69, 9.17) is 4.74 Å². The fraction of sp³-hybridized carbons (Fsp3) is 0.346. The molecule has 2 amide bonds. The van der Waals surface area contributed by atoms with E-state index in [-0.39, 0.29) is 18.2 Å². The van der Waals surface area contributed by atoms with Crippen LogP contribution in [0.25, 0.3) is 11.1 Å². The van der Waals surface area contributed by atoms with Crippen LogP contribution in [-0.2, 0) is 13.0 Å². The van der Waals surface area contributed by atoms with Gasteiger partial charge in [-0.05, 0) is 60.2 Å². The second kappa shape index (κ2) is 9.48. The Balaban J connectivity index is 1.13. The van der Waals surface area contributed by atoms with Gasteiger partial charge in [0.25, 0.3) is 0 Å². The lowest BCUT2D eigenvalue weighted by Crippen LogP contribution is -2.50. The average Bonchev–Trinajstić information content (AvgIpc) is 3.23. The number of amides is 2. The van der Waals surface area contributed by atoms with Crippen LogP contribution in [0.5, 0.6) is 5.75 Å². The molecule has 3 aromatic rings. The van der Waals surface area contributed by atoms with Crippen molar-refractivity contribution in [1.29, 1.82) is 0 Å². The topological polar surface area (TPSA) is 79.4 Å². The molecule has 2 N–H and O–H groups in total. The molecule has 33 heavy (non-hydrogen) atoms. The molecule has 2 unspecified atom stereocenters. The zero-order valence-corrected chi connectivity index (χ0v) is 18.8. The second-order valence-electron chi connectivity index (χ2n) is 8.81. The van der Waals surface area contributed by atoms with Crippen molar-refractivity contribution in [2.75, 3.05) is 18.0 Å². The predicted octanol–water partition coefficient (Wildman–Crippen LogP) is 3.94. The lowest BCUT2D eigenvalue weighted by atomic mass is 10.00. The number of urea groups is 1. The molecule has 0 bridgehead atoms. The minimum Gasteiger partial charge on any atom is -0.490 e. The van der Waals surface area contributed by atoms with Crippen LogP contribution >= 0.6 is 0 Å². The van der Waals surface area contributed by atoms with Crippen LogP contribution in [0.3, 0.4) is 0 Å². The summed E-state index contributed by atoms with van der Waals surface area (Å²) in [7, 11) is 0. The molecule has 0 spiro atoms. The van der Waals surface area contributed by atoms with Gasteiger partial charge >= 0.3 is 6.03 Å². The van der Waals surface area contributed by atoms with Crippen molar-refractivity contribution in [3.63, 3.8) is 0 Å². The molecule has 1 saturated heterocycles. The van der Waals surface area contributed by atoms with Crippen molar-refractivity contribution in [2.24, 2.45) is 0 Å². The van der Waals surface area contributed by atoms with Crippen LogP contribution in [0, 0.1) is 0 Å². The maximum Gasteiger partial charge on any atom is 0.315 e. The number of hydrogen-bond acceptors (Lipinski definition) is 5. The van der Waals surface area contributed by atoms with Crippen LogP contribution in [0.4, 0.5) is 10.7 Å². The zero-order valence-electron chi connectivity index (χ0n) is 18.8. The number of hydrogen-bond donors (Lipinski definition) is 2. The molecule has 7 heteroatoms. The first-order chi connectivity index (χ1) is 16.1. The number of aromatic nitrogens is 2. The minimum absolute atomic E-state index is 0.0800. The summed E-state index contributed by atoms with van der Waals surface area (Å²) in [5.41, 5.74) is 4.68. The van der Waals surface area contributed by atoms with Crippen molar-refractivity contribution in [2.45, 2.75) is 44.9 Å². The van der Waals surface area contributed by atoms with Crippen LogP contribution < -0.4 is 20.3 Å². The maximum absolute atomic E-state index is 12.5. The predicted molar refractivity (Wildman–Crippen MR) is 128 cm³/mol. The number of rotatable bonds is 5. The van der Waals surface area contributed by atoms with Gasteiger partial charge in [0.15, 0.2) is 0 Å². The van der Waals surface area contributed by atoms with E-state index < -0.39 is 0 Å². The van der Waals surface area contributed by atoms with Gasteiger partial charge in [0.05, 0.1) is 0 Å². The Morgan fingerprint density at radius 3 is 2.73 bits per heavy atom. The molecule has 1 aromatic heterocycles. The molecule has 0 saturated carbocycles. The van der Waals surface area contributed by atoms with Crippen LogP contribution in [-0.4, -0.2) is 41.2 Å². The molecule has 5 rings (SSSR count). The van der Waals surface area contributed by atoms with Gasteiger partial charge in [-0.2, -0.15) is 0 Å². The van der Waals surface area contributed by atoms with Gasteiger partial charge in [-0.15, -0.1) is 0 Å². The number of ether oxygens (including phenoxy) is 1. The molecular formula is C26H29N5O2. The third-order valence-corrected chi connectivity index (χ3v) is 6.23. The Labute approximate surface area is 194 Å². The molecule has 0 radical (unpaired) electrons.